The summed E-state index contributed by atoms with van der Waals surface area (Å²) in [5.74, 6) is 0.351. The summed E-state index contributed by atoms with van der Waals surface area (Å²) in [7, 11) is 1.38. The molecule has 0 atom stereocenters. The fourth-order valence-corrected chi connectivity index (χ4v) is 3.70. The highest BCUT2D eigenvalue weighted by atomic mass is 35.5. The number of aryl methyl sites for hydroxylation is 1. The number of hydrogen-bond donors (Lipinski definition) is 0. The van der Waals surface area contributed by atoms with Crippen LogP contribution in [0.5, 0.6) is 5.75 Å². The van der Waals surface area contributed by atoms with E-state index in [0.717, 1.165) is 34.0 Å². The van der Waals surface area contributed by atoms with Crippen LogP contribution in [0, 0.1) is 6.92 Å². The highest BCUT2D eigenvalue weighted by Gasteiger charge is 2.16. The number of halogens is 1. The second-order valence-electron chi connectivity index (χ2n) is 7.15. The van der Waals surface area contributed by atoms with Crippen molar-refractivity contribution >= 4 is 17.6 Å². The van der Waals surface area contributed by atoms with Gasteiger partial charge >= 0.3 is 5.97 Å². The zero-order valence-corrected chi connectivity index (χ0v) is 18.1. The number of carbonyl (C=O) groups excluding carboxylic acids is 1. The van der Waals surface area contributed by atoms with Crippen molar-refractivity contribution < 1.29 is 14.3 Å². The van der Waals surface area contributed by atoms with E-state index < -0.39 is 0 Å². The van der Waals surface area contributed by atoms with Crippen molar-refractivity contribution in [2.24, 2.45) is 0 Å². The van der Waals surface area contributed by atoms with Crippen molar-refractivity contribution in [1.82, 2.24) is 4.57 Å². The van der Waals surface area contributed by atoms with Crippen LogP contribution in [0.15, 0.2) is 84.9 Å². The number of nitrogens with zero attached hydrogens (tertiary/aromatic N) is 1. The van der Waals surface area contributed by atoms with E-state index in [9.17, 15) is 4.79 Å². The van der Waals surface area contributed by atoms with Gasteiger partial charge in [0.2, 0.25) is 0 Å². The Morgan fingerprint density at radius 3 is 2.52 bits per heavy atom. The molecule has 4 rings (SSSR count). The van der Waals surface area contributed by atoms with Gasteiger partial charge in [-0.25, -0.2) is 4.79 Å². The van der Waals surface area contributed by atoms with Gasteiger partial charge in [-0.15, -0.1) is 0 Å². The molecular weight excluding hydrogens is 410 g/mol. The van der Waals surface area contributed by atoms with Gasteiger partial charge in [-0.2, -0.15) is 0 Å². The topological polar surface area (TPSA) is 40.5 Å². The molecular formula is C26H22ClNO3. The lowest BCUT2D eigenvalue weighted by Gasteiger charge is -2.18. The van der Waals surface area contributed by atoms with Gasteiger partial charge in [-0.05, 0) is 60.5 Å². The summed E-state index contributed by atoms with van der Waals surface area (Å²) in [6.07, 6.45) is 0. The van der Waals surface area contributed by atoms with Gasteiger partial charge in [0.15, 0.2) is 0 Å². The third-order valence-corrected chi connectivity index (χ3v) is 5.29. The van der Waals surface area contributed by atoms with Gasteiger partial charge < -0.3 is 14.0 Å². The fraction of sp³-hybridized carbons (Fsp3) is 0.115. The van der Waals surface area contributed by atoms with Gasteiger partial charge in [0.1, 0.15) is 12.4 Å². The van der Waals surface area contributed by atoms with Crippen molar-refractivity contribution in [1.29, 1.82) is 0 Å². The molecule has 156 valence electrons. The van der Waals surface area contributed by atoms with Gasteiger partial charge in [0.25, 0.3) is 0 Å². The number of methoxy groups -OCH3 is 1. The first kappa shape index (κ1) is 20.8. The maximum Gasteiger partial charge on any atom is 0.337 e. The number of rotatable bonds is 6. The van der Waals surface area contributed by atoms with Gasteiger partial charge in [0, 0.05) is 10.7 Å². The Kier molecular flexibility index (Phi) is 6.10. The molecule has 1 heterocycles. The van der Waals surface area contributed by atoms with E-state index in [4.69, 9.17) is 21.1 Å². The molecule has 0 unspecified atom stereocenters. The Hall–Kier alpha value is -3.50. The molecule has 0 spiro atoms. The minimum atomic E-state index is -0.369. The van der Waals surface area contributed by atoms with E-state index in [1.165, 1.54) is 7.11 Å². The zero-order chi connectivity index (χ0) is 21.8. The summed E-state index contributed by atoms with van der Waals surface area (Å²) in [6, 6.07) is 27.0. The minimum Gasteiger partial charge on any atom is -0.487 e. The summed E-state index contributed by atoms with van der Waals surface area (Å²) < 4.78 is 13.1. The Labute approximate surface area is 186 Å². The van der Waals surface area contributed by atoms with Crippen LogP contribution in [0.2, 0.25) is 5.02 Å². The number of aromatic nitrogens is 1. The standard InChI is InChI=1S/C26H22ClNO3/c1-18-11-13-23(20-9-6-10-21(15-20)26(29)30-2)28(18)24-16-22(27)12-14-25(24)31-17-19-7-4-3-5-8-19/h3-16H,17H2,1-2H3. The minimum absolute atomic E-state index is 0.369. The first-order valence-corrected chi connectivity index (χ1v) is 10.3. The Morgan fingerprint density at radius 1 is 0.935 bits per heavy atom. The maximum atomic E-state index is 12.0. The van der Waals surface area contributed by atoms with Crippen molar-refractivity contribution in [3.05, 3.63) is 107 Å². The summed E-state index contributed by atoms with van der Waals surface area (Å²) in [5, 5.41) is 0.615. The lowest BCUT2D eigenvalue weighted by molar-refractivity contribution is 0.0601. The Balaban J connectivity index is 1.77. The molecule has 5 heteroatoms. The first-order chi connectivity index (χ1) is 15.1. The second kappa shape index (κ2) is 9.11. The van der Waals surface area contributed by atoms with E-state index in [1.54, 1.807) is 6.07 Å². The van der Waals surface area contributed by atoms with Gasteiger partial charge in [0.05, 0.1) is 24.1 Å². The molecule has 3 aromatic carbocycles. The molecule has 0 aliphatic carbocycles. The van der Waals surface area contributed by atoms with E-state index in [0.29, 0.717) is 17.2 Å². The number of benzene rings is 3. The molecule has 0 aliphatic heterocycles. The number of carbonyl (C=O) groups is 1. The summed E-state index contributed by atoms with van der Waals surface area (Å²) in [5.41, 5.74) is 5.26. The lowest BCUT2D eigenvalue weighted by atomic mass is 10.1. The third-order valence-electron chi connectivity index (χ3n) is 5.05. The molecule has 4 nitrogen and oxygen atoms in total. The molecule has 0 amide bonds. The van der Waals surface area contributed by atoms with Crippen LogP contribution in [0.25, 0.3) is 16.9 Å². The monoisotopic (exact) mass is 431 g/mol. The Morgan fingerprint density at radius 2 is 1.74 bits per heavy atom. The third kappa shape index (κ3) is 4.49. The maximum absolute atomic E-state index is 12.0. The quantitative estimate of drug-likeness (QED) is 0.328. The van der Waals surface area contributed by atoms with Crippen LogP contribution in [0.3, 0.4) is 0 Å². The van der Waals surface area contributed by atoms with E-state index in [2.05, 4.69) is 4.57 Å². The molecule has 31 heavy (non-hydrogen) atoms. The van der Waals surface area contributed by atoms with Crippen molar-refractivity contribution in [3.8, 4) is 22.7 Å². The summed E-state index contributed by atoms with van der Waals surface area (Å²) in [4.78, 5) is 12.0. The van der Waals surface area contributed by atoms with Gasteiger partial charge in [-0.1, -0.05) is 54.1 Å². The predicted molar refractivity (Wildman–Crippen MR) is 123 cm³/mol. The predicted octanol–water partition coefficient (Wildman–Crippen LogP) is 6.47. The zero-order valence-electron chi connectivity index (χ0n) is 17.3. The number of ether oxygens (including phenoxy) is 2. The summed E-state index contributed by atoms with van der Waals surface area (Å²) >= 11 is 6.36. The second-order valence-corrected chi connectivity index (χ2v) is 7.59. The average molecular weight is 432 g/mol. The highest BCUT2D eigenvalue weighted by Crippen LogP contribution is 2.34. The van der Waals surface area contributed by atoms with Crippen LogP contribution >= 0.6 is 11.6 Å². The molecule has 0 fully saturated rings. The van der Waals surface area contributed by atoms with Gasteiger partial charge in [-0.3, -0.25) is 0 Å². The SMILES string of the molecule is COC(=O)c1cccc(-c2ccc(C)n2-c2cc(Cl)ccc2OCc2ccccc2)c1. The lowest BCUT2D eigenvalue weighted by Crippen LogP contribution is -2.05. The van der Waals surface area contributed by atoms with Crippen LogP contribution < -0.4 is 4.74 Å². The van der Waals surface area contributed by atoms with Crippen LogP contribution in [-0.2, 0) is 11.3 Å². The molecule has 0 aliphatic rings. The molecule has 0 saturated heterocycles. The van der Waals surface area contributed by atoms with E-state index >= 15 is 0 Å². The van der Waals surface area contributed by atoms with E-state index in [1.807, 2.05) is 85.8 Å². The van der Waals surface area contributed by atoms with E-state index in [-0.39, 0.29) is 5.97 Å². The molecule has 4 aromatic rings. The van der Waals surface area contributed by atoms with Crippen molar-refractivity contribution in [2.75, 3.05) is 7.11 Å². The highest BCUT2D eigenvalue weighted by molar-refractivity contribution is 6.30. The number of esters is 1. The number of hydrogen-bond acceptors (Lipinski definition) is 3. The molecule has 0 radical (unpaired) electrons. The normalized spacial score (nSPS) is 10.7. The molecule has 0 saturated carbocycles. The smallest absolute Gasteiger partial charge is 0.337 e. The van der Waals surface area contributed by atoms with Crippen LogP contribution in [0.1, 0.15) is 21.6 Å². The van der Waals surface area contributed by atoms with Crippen LogP contribution in [0.4, 0.5) is 0 Å². The molecule has 0 bridgehead atoms. The largest absolute Gasteiger partial charge is 0.487 e. The fourth-order valence-electron chi connectivity index (χ4n) is 3.53. The average Bonchev–Trinajstić information content (AvgIpc) is 3.19. The van der Waals surface area contributed by atoms with Crippen molar-refractivity contribution in [3.63, 3.8) is 0 Å². The molecule has 0 N–H and O–H groups in total. The van der Waals surface area contributed by atoms with Crippen molar-refractivity contribution in [2.45, 2.75) is 13.5 Å². The molecule has 1 aromatic heterocycles. The first-order valence-electron chi connectivity index (χ1n) is 9.90. The summed E-state index contributed by atoms with van der Waals surface area (Å²) in [6.45, 7) is 2.47. The Bertz CT molecular complexity index is 1210. The van der Waals surface area contributed by atoms with Crippen LogP contribution in [-0.4, -0.2) is 17.6 Å².